The number of pyridine rings is 1. The Morgan fingerprint density at radius 3 is 2.51 bits per heavy atom. The highest BCUT2D eigenvalue weighted by Crippen LogP contribution is 2.33. The minimum atomic E-state index is -3.71. The van der Waals surface area contributed by atoms with Crippen LogP contribution in [-0.4, -0.2) is 35.1 Å². The van der Waals surface area contributed by atoms with E-state index in [1.807, 2.05) is 54.6 Å². The summed E-state index contributed by atoms with van der Waals surface area (Å²) in [6.45, 7) is 0.957. The van der Waals surface area contributed by atoms with Gasteiger partial charge in [-0.2, -0.15) is 4.31 Å². The maximum atomic E-state index is 13.8. The van der Waals surface area contributed by atoms with E-state index in [4.69, 9.17) is 11.6 Å². The SMILES string of the molecule is O=C(c1ccc(S(=O)(=O)N2CCc3ccccc3C2)cc1)N(Cc1ccccn1)c1nc2ccc(Cl)cc2s1. The topological polar surface area (TPSA) is 83.5 Å². The Labute approximate surface area is 235 Å². The number of amides is 1. The maximum absolute atomic E-state index is 13.8. The van der Waals surface area contributed by atoms with Crippen molar-refractivity contribution in [3.05, 3.63) is 119 Å². The number of rotatable bonds is 6. The first kappa shape index (κ1) is 25.6. The van der Waals surface area contributed by atoms with Gasteiger partial charge in [0.15, 0.2) is 5.13 Å². The molecule has 0 radical (unpaired) electrons. The predicted molar refractivity (Wildman–Crippen MR) is 154 cm³/mol. The van der Waals surface area contributed by atoms with Crippen LogP contribution in [0.1, 0.15) is 27.2 Å². The van der Waals surface area contributed by atoms with Crippen molar-refractivity contribution in [2.45, 2.75) is 24.4 Å². The molecule has 5 aromatic rings. The molecule has 10 heteroatoms. The van der Waals surface area contributed by atoms with Gasteiger partial charge in [-0.1, -0.05) is 53.3 Å². The number of benzene rings is 3. The molecule has 0 saturated heterocycles. The van der Waals surface area contributed by atoms with Gasteiger partial charge in [0.1, 0.15) is 0 Å². The molecule has 3 aromatic carbocycles. The summed E-state index contributed by atoms with van der Waals surface area (Å²) in [6.07, 6.45) is 2.34. The summed E-state index contributed by atoms with van der Waals surface area (Å²) in [6, 6.07) is 24.9. The molecule has 0 saturated carbocycles. The number of carbonyl (C=O) groups is 1. The largest absolute Gasteiger partial charge is 0.278 e. The number of anilines is 1. The number of fused-ring (bicyclic) bond motifs is 2. The Balaban J connectivity index is 1.29. The highest BCUT2D eigenvalue weighted by Gasteiger charge is 2.29. The Kier molecular flexibility index (Phi) is 6.90. The van der Waals surface area contributed by atoms with Crippen molar-refractivity contribution < 1.29 is 13.2 Å². The number of hydrogen-bond donors (Lipinski definition) is 0. The van der Waals surface area contributed by atoms with Crippen molar-refractivity contribution in [3.63, 3.8) is 0 Å². The van der Waals surface area contributed by atoms with Crippen molar-refractivity contribution in [2.24, 2.45) is 0 Å². The van der Waals surface area contributed by atoms with Crippen molar-refractivity contribution in [1.82, 2.24) is 14.3 Å². The maximum Gasteiger partial charge on any atom is 0.260 e. The number of sulfonamides is 1. The van der Waals surface area contributed by atoms with Crippen LogP contribution in [0.2, 0.25) is 5.02 Å². The lowest BCUT2D eigenvalue weighted by Gasteiger charge is -2.28. The van der Waals surface area contributed by atoms with Gasteiger partial charge in [-0.25, -0.2) is 13.4 Å². The third kappa shape index (κ3) is 5.18. The molecule has 6 rings (SSSR count). The van der Waals surface area contributed by atoms with E-state index in [9.17, 15) is 13.2 Å². The number of thiazole rings is 1. The van der Waals surface area contributed by atoms with Crippen LogP contribution in [0, 0.1) is 0 Å². The predicted octanol–water partition coefficient (Wildman–Crippen LogP) is 5.94. The van der Waals surface area contributed by atoms with Crippen LogP contribution in [0.4, 0.5) is 5.13 Å². The molecule has 0 N–H and O–H groups in total. The summed E-state index contributed by atoms with van der Waals surface area (Å²) >= 11 is 7.53. The van der Waals surface area contributed by atoms with E-state index in [2.05, 4.69) is 9.97 Å². The fourth-order valence-electron chi connectivity index (χ4n) is 4.63. The minimum Gasteiger partial charge on any atom is -0.278 e. The zero-order valence-electron chi connectivity index (χ0n) is 20.7. The number of hydrogen-bond acceptors (Lipinski definition) is 6. The van der Waals surface area contributed by atoms with Gasteiger partial charge in [0.2, 0.25) is 10.0 Å². The Morgan fingerprint density at radius 1 is 0.974 bits per heavy atom. The lowest BCUT2D eigenvalue weighted by Crippen LogP contribution is -2.36. The van der Waals surface area contributed by atoms with E-state index in [1.165, 1.54) is 33.3 Å². The first-order valence-electron chi connectivity index (χ1n) is 12.3. The summed E-state index contributed by atoms with van der Waals surface area (Å²) in [5.74, 6) is -0.304. The van der Waals surface area contributed by atoms with Crippen LogP contribution < -0.4 is 4.90 Å². The van der Waals surface area contributed by atoms with E-state index < -0.39 is 10.0 Å². The second-order valence-corrected chi connectivity index (χ2v) is 12.6. The third-order valence-corrected chi connectivity index (χ3v) is 9.83. The number of nitrogens with zero attached hydrogens (tertiary/aromatic N) is 4. The Bertz CT molecular complexity index is 1770. The lowest BCUT2D eigenvalue weighted by molar-refractivity contribution is 0.0984. The van der Waals surface area contributed by atoms with Gasteiger partial charge >= 0.3 is 0 Å². The molecule has 2 aromatic heterocycles. The first-order chi connectivity index (χ1) is 18.9. The molecule has 1 amide bonds. The normalized spacial score (nSPS) is 13.8. The first-order valence-corrected chi connectivity index (χ1v) is 15.0. The monoisotopic (exact) mass is 574 g/mol. The van der Waals surface area contributed by atoms with Crippen LogP contribution in [0.5, 0.6) is 0 Å². The zero-order chi connectivity index (χ0) is 27.0. The van der Waals surface area contributed by atoms with Crippen LogP contribution in [0.25, 0.3) is 10.2 Å². The quantitative estimate of drug-likeness (QED) is 0.251. The average molecular weight is 575 g/mol. The van der Waals surface area contributed by atoms with Gasteiger partial charge in [-0.3, -0.25) is 14.7 Å². The fourth-order valence-corrected chi connectivity index (χ4v) is 7.29. The molecule has 0 aliphatic carbocycles. The standard InChI is InChI=1S/C29H23ClN4O3S2/c30-23-10-13-26-27(17-23)38-29(32-26)34(19-24-7-3-4-15-31-24)28(35)21-8-11-25(12-9-21)39(36,37)33-16-14-20-5-1-2-6-22(20)18-33/h1-13,15,17H,14,16,18-19H2. The van der Waals surface area contributed by atoms with E-state index in [0.29, 0.717) is 40.9 Å². The molecule has 0 bridgehead atoms. The molecule has 0 atom stereocenters. The van der Waals surface area contributed by atoms with Crippen LogP contribution in [0.15, 0.2) is 96.0 Å². The van der Waals surface area contributed by atoms with Crippen molar-refractivity contribution in [2.75, 3.05) is 11.4 Å². The zero-order valence-corrected chi connectivity index (χ0v) is 23.1. The summed E-state index contributed by atoms with van der Waals surface area (Å²) < 4.78 is 29.2. The number of halogens is 1. The minimum absolute atomic E-state index is 0.157. The van der Waals surface area contributed by atoms with E-state index in [-0.39, 0.29) is 17.3 Å². The van der Waals surface area contributed by atoms with Gasteiger partial charge < -0.3 is 0 Å². The van der Waals surface area contributed by atoms with Crippen molar-refractivity contribution in [3.8, 4) is 0 Å². The van der Waals surface area contributed by atoms with Gasteiger partial charge in [-0.05, 0) is 72.1 Å². The van der Waals surface area contributed by atoms with E-state index in [1.54, 1.807) is 29.3 Å². The molecule has 0 fully saturated rings. The molecule has 7 nitrogen and oxygen atoms in total. The van der Waals surface area contributed by atoms with E-state index >= 15 is 0 Å². The van der Waals surface area contributed by atoms with Crippen LogP contribution in [0.3, 0.4) is 0 Å². The molecule has 196 valence electrons. The fraction of sp³-hybridized carbons (Fsp3) is 0.138. The molecule has 3 heterocycles. The Hall–Kier alpha value is -3.63. The highest BCUT2D eigenvalue weighted by molar-refractivity contribution is 7.89. The summed E-state index contributed by atoms with van der Waals surface area (Å²) in [4.78, 5) is 24.5. The average Bonchev–Trinajstić information content (AvgIpc) is 3.39. The van der Waals surface area contributed by atoms with Gasteiger partial charge in [0, 0.05) is 29.9 Å². The third-order valence-electron chi connectivity index (χ3n) is 6.70. The van der Waals surface area contributed by atoms with E-state index in [0.717, 1.165) is 15.8 Å². The number of aromatic nitrogens is 2. The smallest absolute Gasteiger partial charge is 0.260 e. The lowest BCUT2D eigenvalue weighted by atomic mass is 10.0. The van der Waals surface area contributed by atoms with Crippen molar-refractivity contribution >= 4 is 54.2 Å². The number of carbonyl (C=O) groups excluding carboxylic acids is 1. The van der Waals surface area contributed by atoms with Gasteiger partial charge in [0.05, 0.1) is 27.4 Å². The van der Waals surface area contributed by atoms with Crippen LogP contribution >= 0.6 is 22.9 Å². The van der Waals surface area contributed by atoms with Gasteiger partial charge in [0.25, 0.3) is 5.91 Å². The molecular formula is C29H23ClN4O3S2. The van der Waals surface area contributed by atoms with Gasteiger partial charge in [-0.15, -0.1) is 0 Å². The second-order valence-electron chi connectivity index (χ2n) is 9.20. The summed E-state index contributed by atoms with van der Waals surface area (Å²) in [7, 11) is -3.71. The van der Waals surface area contributed by atoms with Crippen molar-refractivity contribution in [1.29, 1.82) is 0 Å². The second kappa shape index (κ2) is 10.5. The molecule has 1 aliphatic rings. The Morgan fingerprint density at radius 2 is 1.74 bits per heavy atom. The molecule has 39 heavy (non-hydrogen) atoms. The molecular weight excluding hydrogens is 552 g/mol. The summed E-state index contributed by atoms with van der Waals surface area (Å²) in [5.41, 5.74) is 3.98. The summed E-state index contributed by atoms with van der Waals surface area (Å²) in [5, 5.41) is 1.10. The molecule has 0 unspecified atom stereocenters. The highest BCUT2D eigenvalue weighted by atomic mass is 35.5. The molecule has 0 spiro atoms. The van der Waals surface area contributed by atoms with Crippen LogP contribution in [-0.2, 0) is 29.5 Å². The molecule has 1 aliphatic heterocycles.